The number of carboxylic acids is 1. The lowest BCUT2D eigenvalue weighted by Gasteiger charge is -2.09. The lowest BCUT2D eigenvalue weighted by molar-refractivity contribution is 0.0698. The molecule has 2 rings (SSSR count). The van der Waals surface area contributed by atoms with Crippen LogP contribution in [0, 0.1) is 6.92 Å². The molecule has 0 aliphatic heterocycles. The molecule has 0 radical (unpaired) electrons. The quantitative estimate of drug-likeness (QED) is 0.911. The second kappa shape index (κ2) is 5.71. The van der Waals surface area contributed by atoms with Crippen LogP contribution in [0.15, 0.2) is 36.5 Å². The van der Waals surface area contributed by atoms with E-state index in [-0.39, 0.29) is 16.3 Å². The molecule has 1 aromatic heterocycles. The van der Waals surface area contributed by atoms with Gasteiger partial charge in [-0.3, -0.25) is 9.78 Å². The topological polar surface area (TPSA) is 79.3 Å². The molecule has 1 aromatic carbocycles. The van der Waals surface area contributed by atoms with Gasteiger partial charge in [-0.2, -0.15) is 0 Å². The standard InChI is InChI=1S/C14H11ClN2O3/c1-8-7-9(5-6-16-8)13(18)17-11-4-2-3-10(15)12(11)14(19)20/h2-7H,1H3,(H,17,18)(H,19,20). The molecule has 0 bridgehead atoms. The summed E-state index contributed by atoms with van der Waals surface area (Å²) in [7, 11) is 0. The molecule has 20 heavy (non-hydrogen) atoms. The fourth-order valence-electron chi connectivity index (χ4n) is 1.73. The van der Waals surface area contributed by atoms with E-state index in [1.165, 1.54) is 18.3 Å². The third kappa shape index (κ3) is 2.95. The van der Waals surface area contributed by atoms with Crippen molar-refractivity contribution in [1.29, 1.82) is 0 Å². The van der Waals surface area contributed by atoms with Gasteiger partial charge in [0.2, 0.25) is 0 Å². The van der Waals surface area contributed by atoms with Crippen LogP contribution in [0.3, 0.4) is 0 Å². The Morgan fingerprint density at radius 1 is 1.30 bits per heavy atom. The maximum atomic E-state index is 12.1. The summed E-state index contributed by atoms with van der Waals surface area (Å²) in [5.41, 5.74) is 1.12. The summed E-state index contributed by atoms with van der Waals surface area (Å²) in [5, 5.41) is 11.7. The van der Waals surface area contributed by atoms with E-state index in [9.17, 15) is 9.59 Å². The first-order valence-electron chi connectivity index (χ1n) is 5.75. The Labute approximate surface area is 120 Å². The molecule has 0 saturated heterocycles. The number of nitrogens with one attached hydrogen (secondary N) is 1. The number of pyridine rings is 1. The van der Waals surface area contributed by atoms with Crippen molar-refractivity contribution in [2.75, 3.05) is 5.32 Å². The minimum atomic E-state index is -1.20. The molecule has 0 unspecified atom stereocenters. The normalized spacial score (nSPS) is 10.1. The highest BCUT2D eigenvalue weighted by molar-refractivity contribution is 6.34. The van der Waals surface area contributed by atoms with E-state index in [0.29, 0.717) is 11.3 Å². The van der Waals surface area contributed by atoms with Crippen molar-refractivity contribution >= 4 is 29.2 Å². The van der Waals surface area contributed by atoms with Crippen molar-refractivity contribution in [2.45, 2.75) is 6.92 Å². The molecule has 0 aliphatic rings. The predicted molar refractivity (Wildman–Crippen MR) is 75.3 cm³/mol. The second-order valence-corrected chi connectivity index (χ2v) is 4.51. The van der Waals surface area contributed by atoms with Crippen LogP contribution in [-0.2, 0) is 0 Å². The Kier molecular flexibility index (Phi) is 4.00. The van der Waals surface area contributed by atoms with Gasteiger partial charge in [0.05, 0.1) is 10.7 Å². The first-order chi connectivity index (χ1) is 9.49. The van der Waals surface area contributed by atoms with Gasteiger partial charge < -0.3 is 10.4 Å². The van der Waals surface area contributed by atoms with Crippen molar-refractivity contribution in [2.24, 2.45) is 0 Å². The number of amides is 1. The number of carboxylic acid groups (broad SMARTS) is 1. The van der Waals surface area contributed by atoms with Gasteiger partial charge >= 0.3 is 5.97 Å². The van der Waals surface area contributed by atoms with Gasteiger partial charge in [0.25, 0.3) is 5.91 Å². The number of rotatable bonds is 3. The zero-order valence-electron chi connectivity index (χ0n) is 10.6. The molecule has 6 heteroatoms. The minimum absolute atomic E-state index is 0.0706. The lowest BCUT2D eigenvalue weighted by Crippen LogP contribution is -2.15. The van der Waals surface area contributed by atoms with Crippen LogP contribution in [0.2, 0.25) is 5.02 Å². The van der Waals surface area contributed by atoms with Crippen LogP contribution in [-0.4, -0.2) is 22.0 Å². The highest BCUT2D eigenvalue weighted by atomic mass is 35.5. The minimum Gasteiger partial charge on any atom is -0.478 e. The molecule has 2 aromatic rings. The van der Waals surface area contributed by atoms with Crippen LogP contribution in [0.4, 0.5) is 5.69 Å². The van der Waals surface area contributed by atoms with Crippen molar-refractivity contribution < 1.29 is 14.7 Å². The number of carbonyl (C=O) groups excluding carboxylic acids is 1. The molecule has 102 valence electrons. The van der Waals surface area contributed by atoms with E-state index in [2.05, 4.69) is 10.3 Å². The van der Waals surface area contributed by atoms with Crippen LogP contribution >= 0.6 is 11.6 Å². The van der Waals surface area contributed by atoms with E-state index >= 15 is 0 Å². The number of aromatic nitrogens is 1. The monoisotopic (exact) mass is 290 g/mol. The number of benzene rings is 1. The molecule has 0 atom stereocenters. The number of hydrogen-bond donors (Lipinski definition) is 2. The Balaban J connectivity index is 2.33. The summed E-state index contributed by atoms with van der Waals surface area (Å²) >= 11 is 5.84. The zero-order chi connectivity index (χ0) is 14.7. The Bertz CT molecular complexity index is 686. The van der Waals surface area contributed by atoms with E-state index in [1.54, 1.807) is 25.1 Å². The van der Waals surface area contributed by atoms with Crippen molar-refractivity contribution in [3.8, 4) is 0 Å². The van der Waals surface area contributed by atoms with Gasteiger partial charge in [0.15, 0.2) is 0 Å². The van der Waals surface area contributed by atoms with E-state index in [1.807, 2.05) is 0 Å². The molecule has 0 spiro atoms. The van der Waals surface area contributed by atoms with Crippen LogP contribution in [0.1, 0.15) is 26.4 Å². The summed E-state index contributed by atoms with van der Waals surface area (Å²) in [5.74, 6) is -1.61. The number of hydrogen-bond acceptors (Lipinski definition) is 3. The average Bonchev–Trinajstić information content (AvgIpc) is 2.38. The maximum Gasteiger partial charge on any atom is 0.339 e. The van der Waals surface area contributed by atoms with Crippen LogP contribution in [0.5, 0.6) is 0 Å². The number of halogens is 1. The molecule has 0 fully saturated rings. The van der Waals surface area contributed by atoms with Gasteiger partial charge in [-0.15, -0.1) is 0 Å². The summed E-state index contributed by atoms with van der Waals surface area (Å²) in [6, 6.07) is 7.67. The van der Waals surface area contributed by atoms with Gasteiger partial charge in [-0.05, 0) is 31.2 Å². The largest absolute Gasteiger partial charge is 0.478 e. The van der Waals surface area contributed by atoms with Gasteiger partial charge in [0, 0.05) is 17.5 Å². The number of aromatic carboxylic acids is 1. The molecule has 0 saturated carbocycles. The molecule has 0 aliphatic carbocycles. The fraction of sp³-hybridized carbons (Fsp3) is 0.0714. The molecular formula is C14H11ClN2O3. The third-order valence-corrected chi connectivity index (χ3v) is 2.95. The van der Waals surface area contributed by atoms with Gasteiger partial charge in [-0.1, -0.05) is 17.7 Å². The predicted octanol–water partition coefficient (Wildman–Crippen LogP) is 2.99. The summed E-state index contributed by atoms with van der Waals surface area (Å²) < 4.78 is 0. The number of aryl methyl sites for hydroxylation is 1. The zero-order valence-corrected chi connectivity index (χ0v) is 11.3. The van der Waals surface area contributed by atoms with Gasteiger partial charge in [0.1, 0.15) is 5.56 Å². The summed E-state index contributed by atoms with van der Waals surface area (Å²) in [6.07, 6.45) is 1.51. The maximum absolute atomic E-state index is 12.1. The SMILES string of the molecule is Cc1cc(C(=O)Nc2cccc(Cl)c2C(=O)O)ccn1. The fourth-order valence-corrected chi connectivity index (χ4v) is 1.98. The number of anilines is 1. The van der Waals surface area contributed by atoms with E-state index in [0.717, 1.165) is 0 Å². The summed E-state index contributed by atoms with van der Waals surface area (Å²) in [4.78, 5) is 27.2. The molecule has 2 N–H and O–H groups in total. The first-order valence-corrected chi connectivity index (χ1v) is 6.12. The molecule has 1 amide bonds. The highest BCUT2D eigenvalue weighted by Gasteiger charge is 2.16. The molecular weight excluding hydrogens is 280 g/mol. The van der Waals surface area contributed by atoms with Crippen molar-refractivity contribution in [3.63, 3.8) is 0 Å². The van der Waals surface area contributed by atoms with E-state index < -0.39 is 11.9 Å². The van der Waals surface area contributed by atoms with Crippen molar-refractivity contribution in [1.82, 2.24) is 4.98 Å². The molecule has 5 nitrogen and oxygen atoms in total. The highest BCUT2D eigenvalue weighted by Crippen LogP contribution is 2.24. The van der Waals surface area contributed by atoms with E-state index in [4.69, 9.17) is 16.7 Å². The number of carbonyl (C=O) groups is 2. The molecule has 1 heterocycles. The van der Waals surface area contributed by atoms with Crippen LogP contribution < -0.4 is 5.32 Å². The Morgan fingerprint density at radius 2 is 2.05 bits per heavy atom. The van der Waals surface area contributed by atoms with Crippen molar-refractivity contribution in [3.05, 3.63) is 58.4 Å². The summed E-state index contributed by atoms with van der Waals surface area (Å²) in [6.45, 7) is 1.76. The number of nitrogens with zero attached hydrogens (tertiary/aromatic N) is 1. The lowest BCUT2D eigenvalue weighted by atomic mass is 10.1. The smallest absolute Gasteiger partial charge is 0.339 e. The van der Waals surface area contributed by atoms with Gasteiger partial charge in [-0.25, -0.2) is 4.79 Å². The van der Waals surface area contributed by atoms with Crippen LogP contribution in [0.25, 0.3) is 0 Å². The Hall–Kier alpha value is -2.40. The first kappa shape index (κ1) is 14.0. The second-order valence-electron chi connectivity index (χ2n) is 4.11. The third-order valence-electron chi connectivity index (χ3n) is 2.63. The average molecular weight is 291 g/mol. The Morgan fingerprint density at radius 3 is 2.70 bits per heavy atom.